The highest BCUT2D eigenvalue weighted by Gasteiger charge is 2.53. The Morgan fingerprint density at radius 3 is 2.05 bits per heavy atom. The van der Waals surface area contributed by atoms with E-state index < -0.39 is 10.8 Å². The Balaban J connectivity index is 1.64. The number of hydrogen-bond acceptors (Lipinski definition) is 3. The second-order valence-corrected chi connectivity index (χ2v) is 15.9. The van der Waals surface area contributed by atoms with Gasteiger partial charge in [0, 0.05) is 47.7 Å². The van der Waals surface area contributed by atoms with Gasteiger partial charge in [-0.3, -0.25) is 14.5 Å². The minimum Gasteiger partial charge on any atom is -0.337 e. The SMILES string of the molecule is C[C@H]1C[C@H](N(C(=O)C(C)(C)C)C2CCC(C)(C)CC2)CN1C(=O)C1(c2ccc(Cl)cc2)CCN(C(C)(C)C)C1. The van der Waals surface area contributed by atoms with Crippen molar-refractivity contribution in [2.45, 2.75) is 130 Å². The molecular formula is C33H52ClN3O2. The molecule has 3 aliphatic rings. The number of carbonyl (C=O) groups excluding carboxylic acids is 2. The number of carbonyl (C=O) groups is 2. The summed E-state index contributed by atoms with van der Waals surface area (Å²) in [6.45, 7) is 21.8. The van der Waals surface area contributed by atoms with E-state index in [0.717, 1.165) is 50.6 Å². The van der Waals surface area contributed by atoms with E-state index in [2.05, 4.69) is 56.2 Å². The summed E-state index contributed by atoms with van der Waals surface area (Å²) in [5, 5.41) is 0.689. The molecule has 2 amide bonds. The smallest absolute Gasteiger partial charge is 0.234 e. The maximum atomic E-state index is 14.7. The summed E-state index contributed by atoms with van der Waals surface area (Å²) in [7, 11) is 0. The molecule has 2 saturated heterocycles. The summed E-state index contributed by atoms with van der Waals surface area (Å²) < 4.78 is 0. The van der Waals surface area contributed by atoms with E-state index in [4.69, 9.17) is 11.6 Å². The number of halogens is 1. The van der Waals surface area contributed by atoms with Crippen LogP contribution in [0.25, 0.3) is 0 Å². The van der Waals surface area contributed by atoms with Gasteiger partial charge in [-0.25, -0.2) is 0 Å². The average molecular weight is 558 g/mol. The zero-order chi connectivity index (χ0) is 29.0. The van der Waals surface area contributed by atoms with E-state index in [1.807, 2.05) is 45.0 Å². The van der Waals surface area contributed by atoms with Gasteiger partial charge in [0.05, 0.1) is 11.5 Å². The Labute approximate surface area is 242 Å². The van der Waals surface area contributed by atoms with Crippen LogP contribution in [-0.2, 0) is 15.0 Å². The standard InChI is InChI=1S/C33H52ClN3O2/c1-23-20-27(37(28(38)30(2,3)4)26-14-16-32(8,9)17-15-26)21-36(23)29(39)33(24-10-12-25(34)13-11-24)18-19-35(22-33)31(5,6)7/h10-13,23,26-27H,14-22H2,1-9H3/t23-,27-,33?/m0/s1. The van der Waals surface area contributed by atoms with Gasteiger partial charge in [-0.2, -0.15) is 0 Å². The zero-order valence-electron chi connectivity index (χ0n) is 25.9. The largest absolute Gasteiger partial charge is 0.337 e. The van der Waals surface area contributed by atoms with Gasteiger partial charge >= 0.3 is 0 Å². The lowest BCUT2D eigenvalue weighted by Gasteiger charge is -2.45. The summed E-state index contributed by atoms with van der Waals surface area (Å²) in [5.74, 6) is 0.436. The molecule has 1 saturated carbocycles. The van der Waals surface area contributed by atoms with Crippen molar-refractivity contribution in [2.75, 3.05) is 19.6 Å². The Morgan fingerprint density at radius 1 is 0.949 bits per heavy atom. The van der Waals surface area contributed by atoms with Crippen molar-refractivity contribution >= 4 is 23.4 Å². The van der Waals surface area contributed by atoms with Crippen LogP contribution in [0.3, 0.4) is 0 Å². The van der Waals surface area contributed by atoms with Crippen molar-refractivity contribution in [1.82, 2.24) is 14.7 Å². The average Bonchev–Trinajstić information content (AvgIpc) is 3.45. The van der Waals surface area contributed by atoms with Crippen LogP contribution >= 0.6 is 11.6 Å². The number of likely N-dealkylation sites (tertiary alicyclic amines) is 2. The molecule has 3 atom stereocenters. The predicted octanol–water partition coefficient (Wildman–Crippen LogP) is 6.91. The molecule has 0 radical (unpaired) electrons. The molecule has 0 bridgehead atoms. The summed E-state index contributed by atoms with van der Waals surface area (Å²) in [6.07, 6.45) is 6.00. The Morgan fingerprint density at radius 2 is 1.54 bits per heavy atom. The first-order valence-electron chi connectivity index (χ1n) is 15.1. The third-order valence-corrected chi connectivity index (χ3v) is 10.1. The highest BCUT2D eigenvalue weighted by Crippen LogP contribution is 2.43. The molecule has 2 heterocycles. The second-order valence-electron chi connectivity index (χ2n) is 15.5. The monoisotopic (exact) mass is 557 g/mol. The maximum Gasteiger partial charge on any atom is 0.234 e. The lowest BCUT2D eigenvalue weighted by molar-refractivity contribution is -0.147. The van der Waals surface area contributed by atoms with Crippen LogP contribution in [-0.4, -0.2) is 69.8 Å². The third-order valence-electron chi connectivity index (χ3n) is 9.81. The molecule has 0 N–H and O–H groups in total. The molecule has 0 aromatic heterocycles. The molecule has 5 nitrogen and oxygen atoms in total. The topological polar surface area (TPSA) is 43.9 Å². The Hall–Kier alpha value is -1.59. The van der Waals surface area contributed by atoms with E-state index in [-0.39, 0.29) is 35.5 Å². The number of benzene rings is 1. The number of rotatable bonds is 4. The first kappa shape index (κ1) is 30.4. The van der Waals surface area contributed by atoms with Crippen LogP contribution in [0.15, 0.2) is 24.3 Å². The van der Waals surface area contributed by atoms with Gasteiger partial charge in [0.1, 0.15) is 0 Å². The molecule has 218 valence electrons. The van der Waals surface area contributed by atoms with Gasteiger partial charge in [-0.15, -0.1) is 0 Å². The predicted molar refractivity (Wildman–Crippen MR) is 161 cm³/mol. The van der Waals surface area contributed by atoms with E-state index in [9.17, 15) is 9.59 Å². The first-order chi connectivity index (χ1) is 17.9. The molecule has 1 unspecified atom stereocenters. The van der Waals surface area contributed by atoms with Gasteiger partial charge in [-0.1, -0.05) is 58.4 Å². The summed E-state index contributed by atoms with van der Waals surface area (Å²) in [5.41, 5.74) is 0.324. The fraction of sp³-hybridized carbons (Fsp3) is 0.758. The van der Waals surface area contributed by atoms with Gasteiger partial charge in [-0.05, 0) is 89.3 Å². The van der Waals surface area contributed by atoms with Crippen molar-refractivity contribution < 1.29 is 9.59 Å². The molecular weight excluding hydrogens is 506 g/mol. The molecule has 4 rings (SSSR count). The first-order valence-corrected chi connectivity index (χ1v) is 15.5. The quantitative estimate of drug-likeness (QED) is 0.404. The maximum absolute atomic E-state index is 14.7. The second kappa shape index (κ2) is 10.7. The fourth-order valence-electron chi connectivity index (χ4n) is 7.13. The summed E-state index contributed by atoms with van der Waals surface area (Å²) in [6, 6.07) is 8.32. The van der Waals surface area contributed by atoms with Crippen molar-refractivity contribution in [1.29, 1.82) is 0 Å². The molecule has 39 heavy (non-hydrogen) atoms. The zero-order valence-corrected chi connectivity index (χ0v) is 26.7. The van der Waals surface area contributed by atoms with E-state index >= 15 is 0 Å². The van der Waals surface area contributed by atoms with Gasteiger partial charge < -0.3 is 9.80 Å². The van der Waals surface area contributed by atoms with Gasteiger partial charge in [0.2, 0.25) is 11.8 Å². The van der Waals surface area contributed by atoms with Crippen LogP contribution in [0.4, 0.5) is 0 Å². The van der Waals surface area contributed by atoms with Crippen LogP contribution in [0, 0.1) is 10.8 Å². The fourth-order valence-corrected chi connectivity index (χ4v) is 7.25. The van der Waals surface area contributed by atoms with Crippen molar-refractivity contribution in [2.24, 2.45) is 10.8 Å². The molecule has 0 spiro atoms. The lowest BCUT2D eigenvalue weighted by Crippen LogP contribution is -2.55. The lowest BCUT2D eigenvalue weighted by atomic mass is 9.74. The summed E-state index contributed by atoms with van der Waals surface area (Å²) >= 11 is 6.26. The third kappa shape index (κ3) is 6.20. The Kier molecular flexibility index (Phi) is 8.31. The van der Waals surface area contributed by atoms with Crippen LogP contribution < -0.4 is 0 Å². The van der Waals surface area contributed by atoms with Crippen LogP contribution in [0.1, 0.15) is 106 Å². The highest BCUT2D eigenvalue weighted by atomic mass is 35.5. The van der Waals surface area contributed by atoms with E-state index in [1.54, 1.807) is 0 Å². The van der Waals surface area contributed by atoms with Gasteiger partial charge in [0.25, 0.3) is 0 Å². The van der Waals surface area contributed by atoms with Crippen molar-refractivity contribution in [3.63, 3.8) is 0 Å². The Bertz CT molecular complexity index is 1040. The molecule has 2 aliphatic heterocycles. The minimum atomic E-state index is -0.602. The molecule has 1 aromatic rings. The minimum absolute atomic E-state index is 0.0156. The molecule has 1 aromatic carbocycles. The molecule has 6 heteroatoms. The van der Waals surface area contributed by atoms with Gasteiger partial charge in [0.15, 0.2) is 0 Å². The van der Waals surface area contributed by atoms with E-state index in [0.29, 0.717) is 23.5 Å². The van der Waals surface area contributed by atoms with Crippen LogP contribution in [0.2, 0.25) is 5.02 Å². The summed E-state index contributed by atoms with van der Waals surface area (Å²) in [4.78, 5) is 35.4. The van der Waals surface area contributed by atoms with Crippen LogP contribution in [0.5, 0.6) is 0 Å². The molecule has 3 fully saturated rings. The number of hydrogen-bond donors (Lipinski definition) is 0. The number of amides is 2. The molecule has 1 aliphatic carbocycles. The number of nitrogens with zero attached hydrogens (tertiary/aromatic N) is 3. The highest BCUT2D eigenvalue weighted by molar-refractivity contribution is 6.30. The van der Waals surface area contributed by atoms with Crippen molar-refractivity contribution in [3.8, 4) is 0 Å². The normalized spacial score (nSPS) is 28.6. The van der Waals surface area contributed by atoms with E-state index in [1.165, 1.54) is 0 Å². The van der Waals surface area contributed by atoms with Crippen molar-refractivity contribution in [3.05, 3.63) is 34.9 Å².